The Morgan fingerprint density at radius 1 is 1.10 bits per heavy atom. The maximum Gasteiger partial charge on any atom is 0.309 e. The minimum absolute atomic E-state index is 0.0600. The number of fused-ring (bicyclic) bond motifs is 2. The van der Waals surface area contributed by atoms with Crippen molar-refractivity contribution in [2.75, 3.05) is 18.4 Å². The standard InChI is InChI=1S/C22H21ClF2N2O4/c1-12(14-3-2-13(24)10-18(14)25)27-21-15-8-9-26-11-22(16(15)4-5-17(21)23)30-19(28)6-7-20(29)31-22/h2-5,10,12,26-27H,6-9,11H2,1H3. The van der Waals surface area contributed by atoms with Gasteiger partial charge in [-0.15, -0.1) is 0 Å². The molecule has 0 radical (unpaired) electrons. The molecule has 1 unspecified atom stereocenters. The lowest BCUT2D eigenvalue weighted by molar-refractivity contribution is -0.225. The van der Waals surface area contributed by atoms with E-state index in [-0.39, 0.29) is 24.9 Å². The molecular weight excluding hydrogens is 430 g/mol. The van der Waals surface area contributed by atoms with Gasteiger partial charge in [0.2, 0.25) is 0 Å². The number of nitrogens with one attached hydrogen (secondary N) is 2. The minimum Gasteiger partial charge on any atom is -0.416 e. The van der Waals surface area contributed by atoms with Crippen LogP contribution in [0.15, 0.2) is 30.3 Å². The molecule has 0 saturated carbocycles. The highest BCUT2D eigenvalue weighted by atomic mass is 35.5. The Bertz CT molecular complexity index is 1030. The Kier molecular flexibility index (Phi) is 5.85. The third-order valence-corrected chi connectivity index (χ3v) is 5.78. The summed E-state index contributed by atoms with van der Waals surface area (Å²) in [5.74, 6) is -4.02. The summed E-state index contributed by atoms with van der Waals surface area (Å²) in [5.41, 5.74) is 1.97. The largest absolute Gasteiger partial charge is 0.416 e. The molecule has 2 N–H and O–H groups in total. The van der Waals surface area contributed by atoms with E-state index >= 15 is 0 Å². The highest BCUT2D eigenvalue weighted by molar-refractivity contribution is 6.33. The zero-order valence-corrected chi connectivity index (χ0v) is 17.5. The number of hydrogen-bond donors (Lipinski definition) is 2. The van der Waals surface area contributed by atoms with Crippen LogP contribution in [0, 0.1) is 11.6 Å². The zero-order valence-electron chi connectivity index (χ0n) is 16.8. The number of hydrogen-bond acceptors (Lipinski definition) is 6. The molecule has 9 heteroatoms. The van der Waals surface area contributed by atoms with Crippen LogP contribution in [0.5, 0.6) is 0 Å². The first-order valence-electron chi connectivity index (χ1n) is 9.97. The first-order valence-corrected chi connectivity index (χ1v) is 10.3. The molecule has 1 saturated heterocycles. The number of carbonyl (C=O) groups is 2. The average Bonchev–Trinajstić information content (AvgIpc) is 2.97. The third kappa shape index (κ3) is 4.22. The fraction of sp³-hybridized carbons (Fsp3) is 0.364. The Hall–Kier alpha value is -2.71. The molecule has 0 amide bonds. The monoisotopic (exact) mass is 450 g/mol. The molecule has 1 atom stereocenters. The molecule has 6 nitrogen and oxygen atoms in total. The molecule has 1 fully saturated rings. The van der Waals surface area contributed by atoms with Crippen LogP contribution in [0.3, 0.4) is 0 Å². The van der Waals surface area contributed by atoms with Crippen LogP contribution in [0.2, 0.25) is 5.02 Å². The van der Waals surface area contributed by atoms with Crippen molar-refractivity contribution in [1.82, 2.24) is 5.32 Å². The van der Waals surface area contributed by atoms with Crippen molar-refractivity contribution in [1.29, 1.82) is 0 Å². The van der Waals surface area contributed by atoms with Gasteiger partial charge in [0.25, 0.3) is 5.79 Å². The second kappa shape index (κ2) is 8.43. The van der Waals surface area contributed by atoms with Crippen molar-refractivity contribution >= 4 is 29.2 Å². The summed E-state index contributed by atoms with van der Waals surface area (Å²) in [4.78, 5) is 24.4. The molecule has 2 heterocycles. The van der Waals surface area contributed by atoms with E-state index in [9.17, 15) is 18.4 Å². The Labute approximate surface area is 182 Å². The van der Waals surface area contributed by atoms with E-state index in [4.69, 9.17) is 21.1 Å². The predicted molar refractivity (Wildman–Crippen MR) is 110 cm³/mol. The average molecular weight is 451 g/mol. The molecule has 4 rings (SSSR count). The summed E-state index contributed by atoms with van der Waals surface area (Å²) in [6.07, 6.45) is 0.374. The Balaban J connectivity index is 1.77. The second-order valence-corrected chi connectivity index (χ2v) is 8.02. The van der Waals surface area contributed by atoms with Crippen LogP contribution >= 0.6 is 11.6 Å². The van der Waals surface area contributed by atoms with Gasteiger partial charge in [-0.1, -0.05) is 17.7 Å². The fourth-order valence-corrected chi connectivity index (χ4v) is 4.21. The Morgan fingerprint density at radius 2 is 1.81 bits per heavy atom. The van der Waals surface area contributed by atoms with Gasteiger partial charge in [-0.25, -0.2) is 8.78 Å². The lowest BCUT2D eigenvalue weighted by atomic mass is 9.95. The summed E-state index contributed by atoms with van der Waals surface area (Å²) in [6.45, 7) is 2.33. The normalized spacial score (nSPS) is 19.0. The molecule has 1 spiro atoms. The molecule has 2 aromatic rings. The first kappa shape index (κ1) is 21.5. The number of ether oxygens (including phenoxy) is 2. The lowest BCUT2D eigenvalue weighted by Gasteiger charge is -2.32. The molecular formula is C22H21ClF2N2O4. The van der Waals surface area contributed by atoms with Gasteiger partial charge in [-0.2, -0.15) is 0 Å². The quantitative estimate of drug-likeness (QED) is 0.689. The van der Waals surface area contributed by atoms with E-state index in [1.807, 2.05) is 0 Å². The fourth-order valence-electron chi connectivity index (χ4n) is 3.98. The van der Waals surface area contributed by atoms with Crippen LogP contribution in [-0.4, -0.2) is 25.0 Å². The van der Waals surface area contributed by atoms with Crippen molar-refractivity contribution in [3.8, 4) is 0 Å². The van der Waals surface area contributed by atoms with E-state index in [1.54, 1.807) is 19.1 Å². The summed E-state index contributed by atoms with van der Waals surface area (Å²) in [7, 11) is 0. The van der Waals surface area contributed by atoms with Crippen LogP contribution in [-0.2, 0) is 31.3 Å². The molecule has 2 aliphatic rings. The van der Waals surface area contributed by atoms with E-state index < -0.39 is 35.4 Å². The molecule has 2 aliphatic heterocycles. The third-order valence-electron chi connectivity index (χ3n) is 5.46. The van der Waals surface area contributed by atoms with Gasteiger partial charge in [0.15, 0.2) is 0 Å². The minimum atomic E-state index is -1.61. The van der Waals surface area contributed by atoms with Crippen molar-refractivity contribution in [2.24, 2.45) is 0 Å². The maximum atomic E-state index is 14.3. The van der Waals surface area contributed by atoms with Crippen molar-refractivity contribution < 1.29 is 27.8 Å². The lowest BCUT2D eigenvalue weighted by Crippen LogP contribution is -2.43. The van der Waals surface area contributed by atoms with Gasteiger partial charge in [0.05, 0.1) is 36.1 Å². The molecule has 2 aromatic carbocycles. The number of rotatable bonds is 3. The zero-order chi connectivity index (χ0) is 22.2. The molecule has 0 aromatic heterocycles. The Morgan fingerprint density at radius 3 is 2.48 bits per heavy atom. The van der Waals surface area contributed by atoms with E-state index in [0.717, 1.165) is 6.07 Å². The number of esters is 2. The summed E-state index contributed by atoms with van der Waals surface area (Å²) in [6, 6.07) is 6.12. The van der Waals surface area contributed by atoms with Gasteiger partial charge in [-0.3, -0.25) is 9.59 Å². The summed E-state index contributed by atoms with van der Waals surface area (Å²) < 4.78 is 38.8. The first-order chi connectivity index (χ1) is 14.8. The summed E-state index contributed by atoms with van der Waals surface area (Å²) >= 11 is 6.48. The van der Waals surface area contributed by atoms with Gasteiger partial charge in [0, 0.05) is 17.2 Å². The van der Waals surface area contributed by atoms with Gasteiger partial charge < -0.3 is 20.1 Å². The maximum absolute atomic E-state index is 14.3. The number of halogens is 3. The molecule has 31 heavy (non-hydrogen) atoms. The highest BCUT2D eigenvalue weighted by Gasteiger charge is 2.46. The van der Waals surface area contributed by atoms with Crippen LogP contribution in [0.1, 0.15) is 42.5 Å². The van der Waals surface area contributed by atoms with Crippen molar-refractivity contribution in [3.63, 3.8) is 0 Å². The smallest absolute Gasteiger partial charge is 0.309 e. The van der Waals surface area contributed by atoms with Crippen molar-refractivity contribution in [3.05, 3.63) is 63.7 Å². The molecule has 0 bridgehead atoms. The van der Waals surface area contributed by atoms with Gasteiger partial charge in [0.1, 0.15) is 11.6 Å². The topological polar surface area (TPSA) is 76.7 Å². The second-order valence-electron chi connectivity index (χ2n) is 7.61. The molecule has 164 valence electrons. The van der Waals surface area contributed by atoms with Crippen LogP contribution in [0.25, 0.3) is 0 Å². The SMILES string of the molecule is CC(Nc1c(Cl)ccc2c1CCNCC21OC(=O)CCC(=O)O1)c1ccc(F)cc1F. The van der Waals surface area contributed by atoms with Gasteiger partial charge in [-0.05, 0) is 43.7 Å². The number of carbonyl (C=O) groups excluding carboxylic acids is 2. The van der Waals surface area contributed by atoms with E-state index in [1.165, 1.54) is 12.1 Å². The van der Waals surface area contributed by atoms with E-state index in [0.29, 0.717) is 34.8 Å². The predicted octanol–water partition coefficient (Wildman–Crippen LogP) is 3.97. The van der Waals surface area contributed by atoms with Crippen LogP contribution in [0.4, 0.5) is 14.5 Å². The molecule has 0 aliphatic carbocycles. The van der Waals surface area contributed by atoms with Gasteiger partial charge >= 0.3 is 11.9 Å². The number of benzene rings is 2. The summed E-state index contributed by atoms with van der Waals surface area (Å²) in [5, 5.41) is 6.71. The van der Waals surface area contributed by atoms with Crippen molar-refractivity contribution in [2.45, 2.75) is 38.0 Å². The number of anilines is 1. The van der Waals surface area contributed by atoms with Crippen LogP contribution < -0.4 is 10.6 Å². The highest BCUT2D eigenvalue weighted by Crippen LogP contribution is 2.41. The van der Waals surface area contributed by atoms with E-state index in [2.05, 4.69) is 10.6 Å².